The van der Waals surface area contributed by atoms with E-state index in [1.807, 2.05) is 0 Å². The van der Waals surface area contributed by atoms with Gasteiger partial charge in [-0.1, -0.05) is 5.06 Å². The van der Waals surface area contributed by atoms with Crippen molar-refractivity contribution in [2.24, 2.45) is 7.05 Å². The number of hydrogen-bond acceptors (Lipinski definition) is 4. The maximum atomic E-state index is 12.3. The highest BCUT2D eigenvalue weighted by molar-refractivity contribution is 5.92. The lowest BCUT2D eigenvalue weighted by Crippen LogP contribution is -2.53. The van der Waals surface area contributed by atoms with E-state index < -0.39 is 11.1 Å². The Morgan fingerprint density at radius 1 is 1.35 bits per heavy atom. The third-order valence-electron chi connectivity index (χ3n) is 3.81. The lowest BCUT2D eigenvalue weighted by molar-refractivity contribution is -0.539. The van der Waals surface area contributed by atoms with Crippen molar-refractivity contribution < 1.29 is 9.95 Å². The van der Waals surface area contributed by atoms with Crippen LogP contribution in [0.2, 0.25) is 0 Å². The molecule has 17 heavy (non-hydrogen) atoms. The maximum Gasteiger partial charge on any atom is 0.355 e. The number of aromatic nitrogens is 3. The minimum absolute atomic E-state index is 0.0139. The Bertz CT molecular complexity index is 489. The molecule has 0 N–H and O–H groups in total. The molecule has 1 aliphatic heterocycles. The van der Waals surface area contributed by atoms with Gasteiger partial charge in [-0.25, -0.2) is 0 Å². The summed E-state index contributed by atoms with van der Waals surface area (Å²) in [5.74, 6) is 0.300. The van der Waals surface area contributed by atoms with E-state index in [2.05, 4.69) is 10.2 Å². The highest BCUT2D eigenvalue weighted by Gasteiger charge is 2.61. The highest BCUT2D eigenvalue weighted by Crippen LogP contribution is 2.36. The van der Waals surface area contributed by atoms with E-state index in [0.717, 1.165) is 9.80 Å². The van der Waals surface area contributed by atoms with Crippen LogP contribution < -0.4 is 0 Å². The van der Waals surface area contributed by atoms with E-state index in [1.54, 1.807) is 39.3 Å². The molecule has 2 rings (SSSR count). The van der Waals surface area contributed by atoms with Gasteiger partial charge in [-0.15, -0.1) is 10.2 Å². The number of hydrogen-bond donors (Lipinski definition) is 0. The van der Waals surface area contributed by atoms with Crippen LogP contribution in [0.25, 0.3) is 0 Å². The first-order valence-electron chi connectivity index (χ1n) is 5.37. The summed E-state index contributed by atoms with van der Waals surface area (Å²) in [4.78, 5) is 0. The lowest BCUT2D eigenvalue weighted by Gasteiger charge is -2.32. The summed E-state index contributed by atoms with van der Waals surface area (Å²) in [6.45, 7) is 6.98. The fourth-order valence-electron chi connectivity index (χ4n) is 1.78. The minimum Gasteiger partial charge on any atom is -0.714 e. The van der Waals surface area contributed by atoms with Crippen molar-refractivity contribution in [2.45, 2.75) is 38.8 Å². The van der Waals surface area contributed by atoms with Crippen LogP contribution in [0.15, 0.2) is 6.33 Å². The van der Waals surface area contributed by atoms with Crippen molar-refractivity contribution in [1.29, 1.82) is 0 Å². The van der Waals surface area contributed by atoms with E-state index in [-0.39, 0.29) is 11.7 Å². The molecule has 0 fully saturated rings. The molecule has 7 nitrogen and oxygen atoms in total. The van der Waals surface area contributed by atoms with Crippen LogP contribution in [0.3, 0.4) is 0 Å². The van der Waals surface area contributed by atoms with Crippen molar-refractivity contribution >= 4 is 5.84 Å². The van der Waals surface area contributed by atoms with Gasteiger partial charge in [-0.3, -0.25) is 4.74 Å². The second-order valence-electron chi connectivity index (χ2n) is 5.30. The number of aryl methyl sites for hydroxylation is 1. The molecule has 0 saturated heterocycles. The van der Waals surface area contributed by atoms with Crippen LogP contribution in [0.1, 0.15) is 33.5 Å². The Balaban J connectivity index is 2.63. The average molecular weight is 238 g/mol. The molecule has 0 bridgehead atoms. The fourth-order valence-corrected chi connectivity index (χ4v) is 1.78. The predicted octanol–water partition coefficient (Wildman–Crippen LogP) is 0.290. The Kier molecular flexibility index (Phi) is 2.22. The van der Waals surface area contributed by atoms with Crippen LogP contribution in [0, 0.1) is 5.21 Å². The van der Waals surface area contributed by atoms with Crippen molar-refractivity contribution in [1.82, 2.24) is 19.8 Å². The first kappa shape index (κ1) is 11.8. The molecule has 0 aromatic carbocycles. The van der Waals surface area contributed by atoms with Crippen LogP contribution in [0.5, 0.6) is 0 Å². The van der Waals surface area contributed by atoms with E-state index in [4.69, 9.17) is 0 Å². The molecule has 0 spiro atoms. The van der Waals surface area contributed by atoms with E-state index in [1.165, 1.54) is 6.33 Å². The van der Waals surface area contributed by atoms with Gasteiger partial charge in [0, 0.05) is 12.3 Å². The Morgan fingerprint density at radius 3 is 2.29 bits per heavy atom. The number of nitrogens with zero attached hydrogens (tertiary/aromatic N) is 5. The zero-order valence-corrected chi connectivity index (χ0v) is 10.6. The van der Waals surface area contributed by atoms with Gasteiger partial charge in [0.15, 0.2) is 5.54 Å². The van der Waals surface area contributed by atoms with Gasteiger partial charge < -0.3 is 9.77 Å². The fraction of sp³-hybridized carbons (Fsp3) is 0.700. The summed E-state index contributed by atoms with van der Waals surface area (Å²) in [7, 11) is 1.70. The summed E-state index contributed by atoms with van der Waals surface area (Å²) in [5.41, 5.74) is -1.65. The molecule has 0 atom stereocenters. The van der Waals surface area contributed by atoms with Crippen LogP contribution in [0.4, 0.5) is 0 Å². The van der Waals surface area contributed by atoms with Crippen molar-refractivity contribution in [3.63, 3.8) is 0 Å². The van der Waals surface area contributed by atoms with Crippen molar-refractivity contribution in [2.75, 3.05) is 0 Å². The van der Waals surface area contributed by atoms with Gasteiger partial charge in [0.25, 0.3) is 0 Å². The SMILES string of the molecule is Cn1cnnc1C1=[N+]([O-])C(C)(C)C(C)(C)N1[O]. The molecule has 1 aromatic rings. The van der Waals surface area contributed by atoms with Gasteiger partial charge >= 0.3 is 5.84 Å². The molecular formula is C10H16N5O2. The summed E-state index contributed by atoms with van der Waals surface area (Å²) < 4.78 is 2.28. The quantitative estimate of drug-likeness (QED) is 0.520. The molecular weight excluding hydrogens is 222 g/mol. The van der Waals surface area contributed by atoms with E-state index in [9.17, 15) is 10.4 Å². The molecule has 2 heterocycles. The van der Waals surface area contributed by atoms with Gasteiger partial charge in [-0.2, -0.15) is 0 Å². The Hall–Kier alpha value is -1.63. The number of rotatable bonds is 1. The molecule has 0 amide bonds. The Labute approximate surface area is 99.5 Å². The van der Waals surface area contributed by atoms with E-state index >= 15 is 0 Å². The molecule has 0 aliphatic carbocycles. The normalized spacial score (nSPS) is 22.4. The summed E-state index contributed by atoms with van der Waals surface area (Å²) in [6.07, 6.45) is 1.46. The second kappa shape index (κ2) is 3.19. The molecule has 0 unspecified atom stereocenters. The summed E-state index contributed by atoms with van der Waals surface area (Å²) in [6, 6.07) is 0. The number of hydroxylamine groups is 3. The van der Waals surface area contributed by atoms with Crippen LogP contribution in [-0.2, 0) is 12.3 Å². The zero-order chi connectivity index (χ0) is 13.0. The molecule has 7 heteroatoms. The molecule has 0 saturated carbocycles. The second-order valence-corrected chi connectivity index (χ2v) is 5.30. The first-order valence-corrected chi connectivity index (χ1v) is 5.37. The zero-order valence-electron chi connectivity index (χ0n) is 10.6. The summed E-state index contributed by atoms with van der Waals surface area (Å²) >= 11 is 0. The third-order valence-corrected chi connectivity index (χ3v) is 3.81. The molecule has 1 aromatic heterocycles. The molecule has 1 radical (unpaired) electrons. The molecule has 1 aliphatic rings. The third kappa shape index (κ3) is 1.28. The van der Waals surface area contributed by atoms with Gasteiger partial charge in [-0.05, 0) is 27.7 Å². The number of amidine groups is 1. The van der Waals surface area contributed by atoms with Gasteiger partial charge in [0.2, 0.25) is 5.82 Å². The summed E-state index contributed by atoms with van der Waals surface area (Å²) in [5, 5.41) is 32.8. The monoisotopic (exact) mass is 238 g/mol. The van der Waals surface area contributed by atoms with Crippen molar-refractivity contribution in [3.8, 4) is 0 Å². The smallest absolute Gasteiger partial charge is 0.355 e. The maximum absolute atomic E-state index is 12.3. The minimum atomic E-state index is -0.823. The predicted molar refractivity (Wildman–Crippen MR) is 59.4 cm³/mol. The van der Waals surface area contributed by atoms with Crippen molar-refractivity contribution in [3.05, 3.63) is 17.4 Å². The lowest BCUT2D eigenvalue weighted by atomic mass is 9.84. The van der Waals surface area contributed by atoms with Gasteiger partial charge in [0.1, 0.15) is 11.9 Å². The van der Waals surface area contributed by atoms with Crippen LogP contribution in [-0.4, -0.2) is 41.5 Å². The standard InChI is InChI=1S/C10H16N5O2/c1-9(2)10(3,4)15(17)8(14(9)16)7-12-11-6-13(7)5/h6H,1-5H3. The largest absolute Gasteiger partial charge is 0.714 e. The van der Waals surface area contributed by atoms with E-state index in [0.29, 0.717) is 0 Å². The highest BCUT2D eigenvalue weighted by atomic mass is 16.5. The van der Waals surface area contributed by atoms with Gasteiger partial charge in [0.05, 0.1) is 0 Å². The first-order chi connectivity index (χ1) is 7.71. The molecule has 93 valence electrons. The topological polar surface area (TPSA) is 79.9 Å². The average Bonchev–Trinajstić information content (AvgIpc) is 2.68. The Morgan fingerprint density at radius 2 is 1.94 bits per heavy atom. The van der Waals surface area contributed by atoms with Crippen LogP contribution >= 0.6 is 0 Å².